The number of benzene rings is 2. The molecule has 0 bridgehead atoms. The van der Waals surface area contributed by atoms with Gasteiger partial charge in [-0.25, -0.2) is 0 Å². The molecule has 0 heterocycles. The summed E-state index contributed by atoms with van der Waals surface area (Å²) in [5, 5.41) is 0. The SMILES string of the molecule is CC/C=C/CCCCCCCCCCCCCCC[N+](CCCCCCCCCCCCCCC/C=C/CC)(Cc1ccccc1)Cc1ccccc1. The fourth-order valence-electron chi connectivity index (χ4n) is 8.30. The number of allylic oxidation sites excluding steroid dienone is 4. The highest BCUT2D eigenvalue weighted by atomic mass is 15.3. The molecule has 2 rings (SSSR count). The first-order valence-electron chi connectivity index (χ1n) is 23.5. The molecule has 0 N–H and O–H groups in total. The molecule has 0 aromatic heterocycles. The lowest BCUT2D eigenvalue weighted by Crippen LogP contribution is -2.48. The summed E-state index contributed by atoms with van der Waals surface area (Å²) in [5.41, 5.74) is 3.02. The highest BCUT2D eigenvalue weighted by Gasteiger charge is 2.27. The zero-order valence-corrected chi connectivity index (χ0v) is 35.6. The third kappa shape index (κ3) is 28.0. The zero-order chi connectivity index (χ0) is 37.6. The second-order valence-corrected chi connectivity index (χ2v) is 16.6. The van der Waals surface area contributed by atoms with Crippen molar-refractivity contribution in [3.05, 3.63) is 96.1 Å². The third-order valence-electron chi connectivity index (χ3n) is 11.5. The van der Waals surface area contributed by atoms with E-state index in [9.17, 15) is 0 Å². The van der Waals surface area contributed by atoms with Crippen LogP contribution >= 0.6 is 0 Å². The molecule has 0 spiro atoms. The van der Waals surface area contributed by atoms with E-state index in [0.717, 1.165) is 0 Å². The van der Waals surface area contributed by atoms with Crippen LogP contribution in [0.4, 0.5) is 0 Å². The lowest BCUT2D eigenvalue weighted by Gasteiger charge is -2.39. The molecule has 0 aliphatic carbocycles. The van der Waals surface area contributed by atoms with Crippen molar-refractivity contribution < 1.29 is 4.48 Å². The molecule has 53 heavy (non-hydrogen) atoms. The Bertz CT molecular complexity index is 981. The van der Waals surface area contributed by atoms with Gasteiger partial charge < -0.3 is 4.48 Å². The van der Waals surface area contributed by atoms with E-state index in [4.69, 9.17) is 0 Å². The lowest BCUT2D eigenvalue weighted by atomic mass is 10.0. The van der Waals surface area contributed by atoms with Gasteiger partial charge in [-0.05, 0) is 64.2 Å². The Labute approximate surface area is 332 Å². The molecule has 0 atom stereocenters. The molecular weight excluding hydrogens is 639 g/mol. The van der Waals surface area contributed by atoms with Gasteiger partial charge in [-0.15, -0.1) is 0 Å². The van der Waals surface area contributed by atoms with Gasteiger partial charge in [0.2, 0.25) is 0 Å². The first kappa shape index (κ1) is 47.0. The minimum absolute atomic E-state index is 1.17. The average molecular weight is 727 g/mol. The number of rotatable bonds is 38. The number of hydrogen-bond donors (Lipinski definition) is 0. The maximum atomic E-state index is 2.37. The molecule has 0 saturated carbocycles. The van der Waals surface area contributed by atoms with Crippen LogP contribution in [0.2, 0.25) is 0 Å². The van der Waals surface area contributed by atoms with Crippen LogP contribution in [0.1, 0.15) is 218 Å². The van der Waals surface area contributed by atoms with Gasteiger partial charge in [0.1, 0.15) is 13.1 Å². The molecule has 2 aromatic rings. The molecule has 2 aromatic carbocycles. The molecule has 0 aliphatic rings. The molecule has 0 unspecified atom stereocenters. The normalized spacial score (nSPS) is 12.1. The van der Waals surface area contributed by atoms with Gasteiger partial charge in [0.05, 0.1) is 13.1 Å². The highest BCUT2D eigenvalue weighted by Crippen LogP contribution is 2.24. The van der Waals surface area contributed by atoms with Crippen LogP contribution in [0.25, 0.3) is 0 Å². The molecule has 1 heteroatoms. The Morgan fingerprint density at radius 3 is 0.868 bits per heavy atom. The Kier molecular flexibility index (Phi) is 31.6. The van der Waals surface area contributed by atoms with Crippen LogP contribution in [-0.2, 0) is 13.1 Å². The maximum Gasteiger partial charge on any atom is 0.105 e. The Hall–Kier alpha value is -2.12. The van der Waals surface area contributed by atoms with Crippen molar-refractivity contribution >= 4 is 0 Å². The summed E-state index contributed by atoms with van der Waals surface area (Å²) in [6, 6.07) is 22.8. The predicted octanol–water partition coefficient (Wildman–Crippen LogP) is 17.1. The molecule has 0 fully saturated rings. The molecule has 1 nitrogen and oxygen atoms in total. The molecule has 0 saturated heterocycles. The van der Waals surface area contributed by atoms with E-state index in [-0.39, 0.29) is 0 Å². The number of unbranched alkanes of at least 4 members (excludes halogenated alkanes) is 26. The Morgan fingerprint density at radius 1 is 0.321 bits per heavy atom. The summed E-state index contributed by atoms with van der Waals surface area (Å²) in [6.45, 7) is 9.42. The van der Waals surface area contributed by atoms with E-state index in [0.29, 0.717) is 0 Å². The molecule has 300 valence electrons. The zero-order valence-electron chi connectivity index (χ0n) is 35.6. The quantitative estimate of drug-likeness (QED) is 0.0367. The van der Waals surface area contributed by atoms with Gasteiger partial charge in [0, 0.05) is 11.1 Å². The van der Waals surface area contributed by atoms with Gasteiger partial charge in [0.25, 0.3) is 0 Å². The van der Waals surface area contributed by atoms with Crippen LogP contribution in [0, 0.1) is 0 Å². The highest BCUT2D eigenvalue weighted by molar-refractivity contribution is 5.15. The number of hydrogen-bond acceptors (Lipinski definition) is 0. The van der Waals surface area contributed by atoms with Crippen molar-refractivity contribution in [3.63, 3.8) is 0 Å². The van der Waals surface area contributed by atoms with Crippen molar-refractivity contribution in [3.8, 4) is 0 Å². The largest absolute Gasteiger partial charge is 0.316 e. The Morgan fingerprint density at radius 2 is 0.585 bits per heavy atom. The van der Waals surface area contributed by atoms with Gasteiger partial charge in [0.15, 0.2) is 0 Å². The lowest BCUT2D eigenvalue weighted by molar-refractivity contribution is -0.954. The van der Waals surface area contributed by atoms with E-state index >= 15 is 0 Å². The van der Waals surface area contributed by atoms with E-state index in [1.807, 2.05) is 0 Å². The molecular formula is C52H88N+. The summed E-state index contributed by atoms with van der Waals surface area (Å²) in [5.74, 6) is 0. The second kappa shape index (κ2) is 35.6. The van der Waals surface area contributed by atoms with Gasteiger partial charge in [-0.1, -0.05) is 227 Å². The first-order chi connectivity index (χ1) is 26.3. The van der Waals surface area contributed by atoms with Gasteiger partial charge >= 0.3 is 0 Å². The average Bonchev–Trinajstić information content (AvgIpc) is 3.18. The second-order valence-electron chi connectivity index (χ2n) is 16.6. The summed E-state index contributed by atoms with van der Waals surface area (Å²) in [4.78, 5) is 0. The number of nitrogens with zero attached hydrogens (tertiary/aromatic N) is 1. The van der Waals surface area contributed by atoms with Crippen LogP contribution < -0.4 is 0 Å². The fourth-order valence-corrected chi connectivity index (χ4v) is 8.30. The molecule has 0 radical (unpaired) electrons. The van der Waals surface area contributed by atoms with Crippen molar-refractivity contribution in [2.45, 2.75) is 220 Å². The minimum Gasteiger partial charge on any atom is -0.316 e. The summed E-state index contributed by atoms with van der Waals surface area (Å²) in [6.07, 6.45) is 51.4. The van der Waals surface area contributed by atoms with Crippen LogP contribution in [0.3, 0.4) is 0 Å². The molecule has 0 aliphatic heterocycles. The summed E-state index contributed by atoms with van der Waals surface area (Å²) in [7, 11) is 0. The Balaban J connectivity index is 1.66. The summed E-state index contributed by atoms with van der Waals surface area (Å²) < 4.78 is 1.22. The molecule has 0 amide bonds. The van der Waals surface area contributed by atoms with E-state index in [2.05, 4.69) is 98.8 Å². The van der Waals surface area contributed by atoms with E-state index in [1.54, 1.807) is 0 Å². The smallest absolute Gasteiger partial charge is 0.105 e. The van der Waals surface area contributed by atoms with Crippen LogP contribution in [0.15, 0.2) is 85.0 Å². The van der Waals surface area contributed by atoms with Gasteiger partial charge in [-0.3, -0.25) is 0 Å². The fraction of sp³-hybridized carbons (Fsp3) is 0.692. The standard InChI is InChI=1S/C52H88N/c1-3-5-7-9-11-13-15-17-19-21-23-25-27-29-31-33-41-47-53(49-51-43-37-35-38-44-51,50-52-45-39-36-40-46-52)48-42-34-32-30-28-26-24-22-20-18-16-14-12-10-8-6-4-2/h5-8,35-40,43-46H,3-4,9-34,41-42,47-50H2,1-2H3/q+1/b7-5+,8-6+. The third-order valence-corrected chi connectivity index (χ3v) is 11.5. The van der Waals surface area contributed by atoms with Crippen molar-refractivity contribution in [1.82, 2.24) is 0 Å². The van der Waals surface area contributed by atoms with Crippen LogP contribution in [0.5, 0.6) is 0 Å². The monoisotopic (exact) mass is 727 g/mol. The van der Waals surface area contributed by atoms with Crippen molar-refractivity contribution in [2.24, 2.45) is 0 Å². The number of quaternary nitrogens is 1. The van der Waals surface area contributed by atoms with Gasteiger partial charge in [-0.2, -0.15) is 0 Å². The van der Waals surface area contributed by atoms with E-state index < -0.39 is 0 Å². The van der Waals surface area contributed by atoms with Crippen molar-refractivity contribution in [2.75, 3.05) is 13.1 Å². The topological polar surface area (TPSA) is 0 Å². The van der Waals surface area contributed by atoms with E-state index in [1.165, 1.54) is 234 Å². The van der Waals surface area contributed by atoms with Crippen LogP contribution in [-0.4, -0.2) is 17.6 Å². The van der Waals surface area contributed by atoms with Crippen molar-refractivity contribution in [1.29, 1.82) is 0 Å². The predicted molar refractivity (Wildman–Crippen MR) is 238 cm³/mol. The summed E-state index contributed by atoms with van der Waals surface area (Å²) >= 11 is 0. The first-order valence-corrected chi connectivity index (χ1v) is 23.5. The maximum absolute atomic E-state index is 2.37. The minimum atomic E-state index is 1.17.